The minimum atomic E-state index is 0.578. The zero-order valence-corrected chi connectivity index (χ0v) is 9.30. The molecule has 78 valence electrons. The van der Waals surface area contributed by atoms with Crippen molar-refractivity contribution in [3.8, 4) is 5.75 Å². The third-order valence-electron chi connectivity index (χ3n) is 1.86. The normalized spacial score (nSPS) is 10.2. The van der Waals surface area contributed by atoms with Crippen LogP contribution in [0.5, 0.6) is 5.75 Å². The zero-order valence-electron chi connectivity index (χ0n) is 8.55. The fourth-order valence-electron chi connectivity index (χ4n) is 1.16. The van der Waals surface area contributed by atoms with Gasteiger partial charge in [0.1, 0.15) is 5.75 Å². The van der Waals surface area contributed by atoms with Crippen LogP contribution in [0.3, 0.4) is 0 Å². The molecule has 1 aromatic carbocycles. The molecule has 0 heterocycles. The largest absolute Gasteiger partial charge is 0.496 e. The highest BCUT2D eigenvalue weighted by molar-refractivity contribution is 6.30. The quantitative estimate of drug-likeness (QED) is 0.701. The van der Waals surface area contributed by atoms with E-state index in [9.17, 15) is 0 Å². The SMILES string of the molecule is CCCOCc1ccc(Cl)cc1OC. The predicted molar refractivity (Wildman–Crippen MR) is 58.0 cm³/mol. The molecule has 0 saturated carbocycles. The summed E-state index contributed by atoms with van der Waals surface area (Å²) in [7, 11) is 1.63. The molecule has 0 spiro atoms. The van der Waals surface area contributed by atoms with Gasteiger partial charge >= 0.3 is 0 Å². The molecule has 0 N–H and O–H groups in total. The molecule has 0 aromatic heterocycles. The summed E-state index contributed by atoms with van der Waals surface area (Å²) in [4.78, 5) is 0. The molecular weight excluding hydrogens is 200 g/mol. The van der Waals surface area contributed by atoms with Crippen LogP contribution in [-0.4, -0.2) is 13.7 Å². The van der Waals surface area contributed by atoms with Crippen molar-refractivity contribution in [2.75, 3.05) is 13.7 Å². The van der Waals surface area contributed by atoms with Gasteiger partial charge in [0.2, 0.25) is 0 Å². The summed E-state index contributed by atoms with van der Waals surface area (Å²) in [6.45, 7) is 3.43. The number of halogens is 1. The zero-order chi connectivity index (χ0) is 10.4. The van der Waals surface area contributed by atoms with Crippen molar-refractivity contribution in [1.82, 2.24) is 0 Å². The molecule has 14 heavy (non-hydrogen) atoms. The predicted octanol–water partition coefficient (Wildman–Crippen LogP) is 3.28. The van der Waals surface area contributed by atoms with Crippen LogP contribution in [0.4, 0.5) is 0 Å². The molecule has 0 atom stereocenters. The maximum atomic E-state index is 5.84. The van der Waals surface area contributed by atoms with Gasteiger partial charge in [0.25, 0.3) is 0 Å². The van der Waals surface area contributed by atoms with Crippen LogP contribution in [0, 0.1) is 0 Å². The number of methoxy groups -OCH3 is 1. The smallest absolute Gasteiger partial charge is 0.125 e. The van der Waals surface area contributed by atoms with Gasteiger partial charge in [-0.2, -0.15) is 0 Å². The van der Waals surface area contributed by atoms with Gasteiger partial charge in [0.05, 0.1) is 13.7 Å². The Kier molecular flexibility index (Phi) is 4.77. The molecule has 0 aliphatic rings. The Morgan fingerprint density at radius 3 is 2.79 bits per heavy atom. The van der Waals surface area contributed by atoms with E-state index >= 15 is 0 Å². The van der Waals surface area contributed by atoms with Crippen molar-refractivity contribution in [1.29, 1.82) is 0 Å². The Bertz CT molecular complexity index is 287. The second kappa shape index (κ2) is 5.89. The second-order valence-electron chi connectivity index (χ2n) is 3.01. The average molecular weight is 215 g/mol. The number of rotatable bonds is 5. The third kappa shape index (κ3) is 3.20. The summed E-state index contributed by atoms with van der Waals surface area (Å²) in [5.74, 6) is 0.786. The van der Waals surface area contributed by atoms with Crippen LogP contribution in [0.25, 0.3) is 0 Å². The molecule has 1 rings (SSSR count). The van der Waals surface area contributed by atoms with Crippen LogP contribution in [-0.2, 0) is 11.3 Å². The van der Waals surface area contributed by atoms with Gasteiger partial charge in [-0.1, -0.05) is 24.6 Å². The first-order valence-electron chi connectivity index (χ1n) is 4.68. The van der Waals surface area contributed by atoms with Gasteiger partial charge in [-0.25, -0.2) is 0 Å². The van der Waals surface area contributed by atoms with E-state index in [2.05, 4.69) is 6.92 Å². The monoisotopic (exact) mass is 214 g/mol. The number of benzene rings is 1. The van der Waals surface area contributed by atoms with Gasteiger partial charge < -0.3 is 9.47 Å². The Morgan fingerprint density at radius 2 is 2.14 bits per heavy atom. The lowest BCUT2D eigenvalue weighted by atomic mass is 10.2. The first-order valence-corrected chi connectivity index (χ1v) is 5.06. The molecule has 2 nitrogen and oxygen atoms in total. The van der Waals surface area contributed by atoms with Crippen molar-refractivity contribution >= 4 is 11.6 Å². The molecule has 0 aliphatic heterocycles. The van der Waals surface area contributed by atoms with E-state index in [1.165, 1.54) is 0 Å². The van der Waals surface area contributed by atoms with E-state index in [0.29, 0.717) is 11.6 Å². The Labute approximate surface area is 89.8 Å². The molecule has 3 heteroatoms. The van der Waals surface area contributed by atoms with Gasteiger partial charge in [-0.05, 0) is 18.6 Å². The van der Waals surface area contributed by atoms with E-state index in [1.54, 1.807) is 13.2 Å². The molecular formula is C11H15ClO2. The highest BCUT2D eigenvalue weighted by atomic mass is 35.5. The molecule has 0 unspecified atom stereocenters. The van der Waals surface area contributed by atoms with Crippen LogP contribution < -0.4 is 4.74 Å². The summed E-state index contributed by atoms with van der Waals surface area (Å²) in [5, 5.41) is 0.682. The molecule has 0 amide bonds. The van der Waals surface area contributed by atoms with E-state index in [1.807, 2.05) is 12.1 Å². The second-order valence-corrected chi connectivity index (χ2v) is 3.45. The molecule has 0 radical (unpaired) electrons. The number of ether oxygens (including phenoxy) is 2. The van der Waals surface area contributed by atoms with Crippen LogP contribution in [0.2, 0.25) is 5.02 Å². The van der Waals surface area contributed by atoms with Crippen molar-refractivity contribution < 1.29 is 9.47 Å². The Morgan fingerprint density at radius 1 is 1.36 bits per heavy atom. The summed E-state index contributed by atoms with van der Waals surface area (Å²) in [6, 6.07) is 5.57. The number of hydrogen-bond donors (Lipinski definition) is 0. The van der Waals surface area contributed by atoms with Crippen molar-refractivity contribution in [2.24, 2.45) is 0 Å². The maximum absolute atomic E-state index is 5.84. The minimum Gasteiger partial charge on any atom is -0.496 e. The number of hydrogen-bond acceptors (Lipinski definition) is 2. The van der Waals surface area contributed by atoms with E-state index in [0.717, 1.165) is 24.3 Å². The fraction of sp³-hybridized carbons (Fsp3) is 0.455. The van der Waals surface area contributed by atoms with Crippen LogP contribution in [0.1, 0.15) is 18.9 Å². The fourth-order valence-corrected chi connectivity index (χ4v) is 1.33. The average Bonchev–Trinajstić information content (AvgIpc) is 2.20. The van der Waals surface area contributed by atoms with Crippen LogP contribution >= 0.6 is 11.6 Å². The topological polar surface area (TPSA) is 18.5 Å². The van der Waals surface area contributed by atoms with E-state index in [-0.39, 0.29) is 0 Å². The molecule has 0 bridgehead atoms. The van der Waals surface area contributed by atoms with Crippen molar-refractivity contribution in [2.45, 2.75) is 20.0 Å². The van der Waals surface area contributed by atoms with Crippen molar-refractivity contribution in [3.05, 3.63) is 28.8 Å². The lowest BCUT2D eigenvalue weighted by Crippen LogP contribution is -1.97. The first-order chi connectivity index (χ1) is 6.77. The molecule has 0 aliphatic carbocycles. The van der Waals surface area contributed by atoms with Gasteiger partial charge in [-0.3, -0.25) is 0 Å². The van der Waals surface area contributed by atoms with Gasteiger partial charge in [0.15, 0.2) is 0 Å². The maximum Gasteiger partial charge on any atom is 0.125 e. The third-order valence-corrected chi connectivity index (χ3v) is 2.09. The lowest BCUT2D eigenvalue weighted by Gasteiger charge is -2.08. The molecule has 1 aromatic rings. The van der Waals surface area contributed by atoms with E-state index in [4.69, 9.17) is 21.1 Å². The summed E-state index contributed by atoms with van der Waals surface area (Å²) >= 11 is 5.84. The Balaban J connectivity index is 2.65. The highest BCUT2D eigenvalue weighted by Crippen LogP contribution is 2.23. The summed E-state index contributed by atoms with van der Waals surface area (Å²) in [5.41, 5.74) is 1.03. The minimum absolute atomic E-state index is 0.578. The van der Waals surface area contributed by atoms with E-state index < -0.39 is 0 Å². The summed E-state index contributed by atoms with van der Waals surface area (Å²) in [6.07, 6.45) is 1.02. The summed E-state index contributed by atoms with van der Waals surface area (Å²) < 4.78 is 10.6. The van der Waals surface area contributed by atoms with Crippen molar-refractivity contribution in [3.63, 3.8) is 0 Å². The Hall–Kier alpha value is -0.730. The van der Waals surface area contributed by atoms with Gasteiger partial charge in [0, 0.05) is 17.2 Å². The first kappa shape index (κ1) is 11.3. The lowest BCUT2D eigenvalue weighted by molar-refractivity contribution is 0.119. The van der Waals surface area contributed by atoms with Crippen LogP contribution in [0.15, 0.2) is 18.2 Å². The molecule has 0 fully saturated rings. The van der Waals surface area contributed by atoms with Gasteiger partial charge in [-0.15, -0.1) is 0 Å². The molecule has 0 saturated heterocycles. The standard InChI is InChI=1S/C11H15ClO2/c1-3-6-14-8-9-4-5-10(12)7-11(9)13-2/h4-5,7H,3,6,8H2,1-2H3. The highest BCUT2D eigenvalue weighted by Gasteiger charge is 2.03.